The van der Waals surface area contributed by atoms with Crippen molar-refractivity contribution in [1.82, 2.24) is 19.8 Å². The highest BCUT2D eigenvalue weighted by Crippen LogP contribution is 2.35. The number of aromatic nitrogens is 4. The third-order valence-electron chi connectivity index (χ3n) is 4.33. The minimum Gasteiger partial charge on any atom is -0.495 e. The zero-order valence-electron chi connectivity index (χ0n) is 14.7. The summed E-state index contributed by atoms with van der Waals surface area (Å²) in [4.78, 5) is 13.7. The number of methoxy groups -OCH3 is 1. The van der Waals surface area contributed by atoms with Gasteiger partial charge in [-0.1, -0.05) is 0 Å². The van der Waals surface area contributed by atoms with Crippen LogP contribution in [0.25, 0.3) is 5.65 Å². The summed E-state index contributed by atoms with van der Waals surface area (Å²) in [5.41, 5.74) is 1.12. The molecule has 0 atom stereocenters. The van der Waals surface area contributed by atoms with Crippen molar-refractivity contribution in [3.8, 4) is 5.75 Å². The highest BCUT2D eigenvalue weighted by Gasteiger charge is 2.37. The minimum absolute atomic E-state index is 0.00527. The average Bonchev–Trinajstić information content (AvgIpc) is 3.27. The number of carbonyl (C=O) groups excluding carboxylic acids is 1. The van der Waals surface area contributed by atoms with Gasteiger partial charge in [0.25, 0.3) is 5.82 Å². The van der Waals surface area contributed by atoms with Crippen LogP contribution in [0.1, 0.15) is 18.7 Å². The summed E-state index contributed by atoms with van der Waals surface area (Å²) in [5, 5.41) is 13.5. The average molecular weight is 392 g/mol. The van der Waals surface area contributed by atoms with Crippen LogP contribution in [0.4, 0.5) is 30.4 Å². The van der Waals surface area contributed by atoms with Crippen LogP contribution >= 0.6 is 0 Å². The van der Waals surface area contributed by atoms with E-state index in [9.17, 15) is 18.0 Å². The molecule has 0 aliphatic carbocycles. The van der Waals surface area contributed by atoms with Gasteiger partial charge in [-0.2, -0.15) is 17.7 Å². The summed E-state index contributed by atoms with van der Waals surface area (Å²) in [6.45, 7) is 0.582. The van der Waals surface area contributed by atoms with Crippen molar-refractivity contribution in [3.05, 3.63) is 36.2 Å². The van der Waals surface area contributed by atoms with E-state index in [1.807, 2.05) is 0 Å². The largest absolute Gasteiger partial charge is 0.495 e. The molecule has 11 heteroatoms. The van der Waals surface area contributed by atoms with Crippen molar-refractivity contribution in [2.24, 2.45) is 0 Å². The zero-order chi connectivity index (χ0) is 19.9. The first-order valence-electron chi connectivity index (χ1n) is 8.42. The predicted octanol–water partition coefficient (Wildman–Crippen LogP) is 3.02. The molecule has 28 heavy (non-hydrogen) atoms. The Bertz CT molecular complexity index is 1050. The second-order valence-electron chi connectivity index (χ2n) is 6.17. The summed E-state index contributed by atoms with van der Waals surface area (Å²) >= 11 is 0. The summed E-state index contributed by atoms with van der Waals surface area (Å²) in [7, 11) is 1.51. The molecular weight excluding hydrogens is 377 g/mol. The van der Waals surface area contributed by atoms with Gasteiger partial charge >= 0.3 is 6.18 Å². The molecule has 1 aliphatic rings. The smallest absolute Gasteiger partial charge is 0.453 e. The van der Waals surface area contributed by atoms with E-state index in [4.69, 9.17) is 4.74 Å². The maximum Gasteiger partial charge on any atom is 0.453 e. The van der Waals surface area contributed by atoms with E-state index in [-0.39, 0.29) is 17.4 Å². The Hall–Kier alpha value is -3.37. The molecule has 0 bridgehead atoms. The topological polar surface area (TPSA) is 84.7 Å². The van der Waals surface area contributed by atoms with Crippen molar-refractivity contribution in [3.63, 3.8) is 0 Å². The maximum atomic E-state index is 13.0. The quantitative estimate of drug-likeness (QED) is 0.735. The molecule has 1 fully saturated rings. The van der Waals surface area contributed by atoms with Gasteiger partial charge in [-0.25, -0.2) is 0 Å². The number of alkyl halides is 3. The summed E-state index contributed by atoms with van der Waals surface area (Å²) in [6, 6.07) is 7.94. The van der Waals surface area contributed by atoms with Gasteiger partial charge in [0.2, 0.25) is 5.91 Å². The fraction of sp³-hybridized carbons (Fsp3) is 0.294. The molecule has 1 saturated heterocycles. The number of ether oxygens (including phenoxy) is 1. The summed E-state index contributed by atoms with van der Waals surface area (Å²) in [5.74, 6) is -0.511. The number of hydrogen-bond donors (Lipinski definition) is 1. The Morgan fingerprint density at radius 3 is 2.68 bits per heavy atom. The van der Waals surface area contributed by atoms with Gasteiger partial charge in [-0.05, 0) is 36.8 Å². The van der Waals surface area contributed by atoms with Gasteiger partial charge in [-0.15, -0.1) is 15.3 Å². The Morgan fingerprint density at radius 1 is 1.18 bits per heavy atom. The number of nitrogens with zero attached hydrogens (tertiary/aromatic N) is 5. The molecule has 1 aromatic carbocycles. The summed E-state index contributed by atoms with van der Waals surface area (Å²) < 4.78 is 45.0. The van der Waals surface area contributed by atoms with Crippen LogP contribution in [0.5, 0.6) is 5.75 Å². The fourth-order valence-corrected chi connectivity index (χ4v) is 3.06. The molecule has 2 aromatic heterocycles. The van der Waals surface area contributed by atoms with Crippen molar-refractivity contribution in [2.75, 3.05) is 23.9 Å². The molecular formula is C17H15F3N6O2. The number of benzene rings is 1. The molecule has 0 spiro atoms. The van der Waals surface area contributed by atoms with E-state index >= 15 is 0 Å². The Balaban J connectivity index is 1.68. The van der Waals surface area contributed by atoms with E-state index in [0.29, 0.717) is 34.6 Å². The van der Waals surface area contributed by atoms with E-state index in [1.54, 1.807) is 23.1 Å². The Labute approximate surface area is 156 Å². The monoisotopic (exact) mass is 392 g/mol. The number of amides is 1. The van der Waals surface area contributed by atoms with Gasteiger partial charge in [0.05, 0.1) is 12.8 Å². The molecule has 146 valence electrons. The minimum atomic E-state index is -4.67. The molecule has 1 aliphatic heterocycles. The van der Waals surface area contributed by atoms with Crippen LogP contribution in [0.15, 0.2) is 30.3 Å². The van der Waals surface area contributed by atoms with Crippen molar-refractivity contribution in [2.45, 2.75) is 19.0 Å². The van der Waals surface area contributed by atoms with Crippen LogP contribution in [0.3, 0.4) is 0 Å². The van der Waals surface area contributed by atoms with Crippen LogP contribution in [-0.2, 0) is 11.0 Å². The van der Waals surface area contributed by atoms with Crippen molar-refractivity contribution < 1.29 is 22.7 Å². The molecule has 0 saturated carbocycles. The number of carbonyl (C=O) groups is 1. The van der Waals surface area contributed by atoms with E-state index in [0.717, 1.165) is 6.42 Å². The van der Waals surface area contributed by atoms with Gasteiger partial charge in [-0.3, -0.25) is 4.79 Å². The van der Waals surface area contributed by atoms with Crippen LogP contribution in [0.2, 0.25) is 0 Å². The third-order valence-corrected chi connectivity index (χ3v) is 4.33. The molecule has 3 aromatic rings. The van der Waals surface area contributed by atoms with Crippen molar-refractivity contribution >= 4 is 28.7 Å². The molecule has 4 rings (SSSR count). The van der Waals surface area contributed by atoms with Crippen LogP contribution in [0, 0.1) is 0 Å². The number of hydrogen-bond acceptors (Lipinski definition) is 6. The van der Waals surface area contributed by atoms with Crippen molar-refractivity contribution in [1.29, 1.82) is 0 Å². The molecule has 1 amide bonds. The lowest BCUT2D eigenvalue weighted by atomic mass is 10.2. The summed E-state index contributed by atoms with van der Waals surface area (Å²) in [6.07, 6.45) is -3.45. The van der Waals surface area contributed by atoms with E-state index < -0.39 is 12.0 Å². The lowest BCUT2D eigenvalue weighted by Crippen LogP contribution is -2.24. The molecule has 3 heterocycles. The Morgan fingerprint density at radius 2 is 2.00 bits per heavy atom. The maximum absolute atomic E-state index is 13.0. The number of anilines is 3. The van der Waals surface area contributed by atoms with E-state index in [1.165, 1.54) is 19.2 Å². The van der Waals surface area contributed by atoms with Crippen LogP contribution in [-0.4, -0.2) is 39.4 Å². The molecule has 0 unspecified atom stereocenters. The second-order valence-corrected chi connectivity index (χ2v) is 6.17. The fourth-order valence-electron chi connectivity index (χ4n) is 3.06. The molecule has 8 nitrogen and oxygen atoms in total. The van der Waals surface area contributed by atoms with Gasteiger partial charge in [0.1, 0.15) is 5.75 Å². The van der Waals surface area contributed by atoms with E-state index in [2.05, 4.69) is 20.6 Å². The molecule has 1 N–H and O–H groups in total. The van der Waals surface area contributed by atoms with Gasteiger partial charge < -0.3 is 15.0 Å². The first-order valence-corrected chi connectivity index (χ1v) is 8.42. The second kappa shape index (κ2) is 6.66. The highest BCUT2D eigenvalue weighted by atomic mass is 19.4. The lowest BCUT2D eigenvalue weighted by Gasteiger charge is -2.20. The normalized spacial score (nSPS) is 14.7. The highest BCUT2D eigenvalue weighted by molar-refractivity contribution is 5.97. The number of nitrogens with one attached hydrogen (secondary N) is 1. The number of rotatable bonds is 4. The van der Waals surface area contributed by atoms with Gasteiger partial charge in [0, 0.05) is 18.7 Å². The van der Waals surface area contributed by atoms with Gasteiger partial charge in [0.15, 0.2) is 11.5 Å². The first kappa shape index (κ1) is 18.0. The number of fused-ring (bicyclic) bond motifs is 1. The SMILES string of the molecule is COc1ccc(Nc2ccc3nnc(C(F)(F)F)n3n2)cc1N1CCCC1=O. The molecule has 0 radical (unpaired) electrons. The van der Waals surface area contributed by atoms with Crippen LogP contribution < -0.4 is 15.0 Å². The standard InChI is InChI=1S/C17H15F3N6O2/c1-28-12-5-4-10(9-11(12)25-8-2-3-15(25)27)21-13-6-7-14-22-23-16(17(18,19)20)26(14)24-13/h4-7,9H,2-3,8H2,1H3,(H,21,24). The first-order chi connectivity index (χ1) is 13.4. The predicted molar refractivity (Wildman–Crippen MR) is 93.6 cm³/mol. The third kappa shape index (κ3) is 3.19. The lowest BCUT2D eigenvalue weighted by molar-refractivity contribution is -0.146. The zero-order valence-corrected chi connectivity index (χ0v) is 14.7. The number of halogens is 3. The Kier molecular flexibility index (Phi) is 4.28.